The summed E-state index contributed by atoms with van der Waals surface area (Å²) in [6.07, 6.45) is 1.74. The highest BCUT2D eigenvalue weighted by Crippen LogP contribution is 2.31. The minimum Gasteiger partial charge on any atom is -0.491 e. The van der Waals surface area contributed by atoms with Gasteiger partial charge in [0.05, 0.1) is 30.6 Å². The summed E-state index contributed by atoms with van der Waals surface area (Å²) >= 11 is 0. The van der Waals surface area contributed by atoms with Crippen molar-refractivity contribution in [2.45, 2.75) is 0 Å². The van der Waals surface area contributed by atoms with Crippen molar-refractivity contribution < 1.29 is 9.47 Å². The Bertz CT molecular complexity index is 1300. The molecule has 0 atom stereocenters. The monoisotopic (exact) mass is 485 g/mol. The fourth-order valence-electron chi connectivity index (χ4n) is 4.12. The lowest BCUT2D eigenvalue weighted by molar-refractivity contribution is 0.122. The summed E-state index contributed by atoms with van der Waals surface area (Å²) in [5.74, 6) is 1.59. The zero-order valence-corrected chi connectivity index (χ0v) is 20.6. The molecule has 0 amide bonds. The molecule has 9 nitrogen and oxygen atoms in total. The first-order valence-electron chi connectivity index (χ1n) is 12.1. The summed E-state index contributed by atoms with van der Waals surface area (Å²) in [5.41, 5.74) is 10.8. The second-order valence-corrected chi connectivity index (χ2v) is 8.94. The van der Waals surface area contributed by atoms with E-state index in [0.717, 1.165) is 66.4 Å². The molecule has 4 aromatic rings. The summed E-state index contributed by atoms with van der Waals surface area (Å²) in [4.78, 5) is 18.3. The van der Waals surface area contributed by atoms with E-state index in [0.29, 0.717) is 18.4 Å². The number of nitrogens with two attached hydrogens (primary N) is 1. The van der Waals surface area contributed by atoms with Gasteiger partial charge in [-0.2, -0.15) is 4.98 Å². The molecule has 1 aliphatic rings. The van der Waals surface area contributed by atoms with Crippen LogP contribution in [0.3, 0.4) is 0 Å². The number of benzene rings is 2. The highest BCUT2D eigenvalue weighted by Gasteiger charge is 2.13. The van der Waals surface area contributed by atoms with Crippen molar-refractivity contribution in [3.8, 4) is 17.0 Å². The maximum atomic E-state index is 6.33. The number of hydrogen-bond donors (Lipinski definition) is 2. The van der Waals surface area contributed by atoms with Gasteiger partial charge in [0.15, 0.2) is 0 Å². The van der Waals surface area contributed by atoms with E-state index in [1.165, 1.54) is 5.69 Å². The average Bonchev–Trinajstić information content (AvgIpc) is 2.90. The van der Waals surface area contributed by atoms with E-state index in [9.17, 15) is 0 Å². The molecule has 186 valence electrons. The van der Waals surface area contributed by atoms with Gasteiger partial charge in [0.25, 0.3) is 0 Å². The molecule has 3 N–H and O–H groups in total. The van der Waals surface area contributed by atoms with Crippen LogP contribution in [0.2, 0.25) is 0 Å². The fraction of sp³-hybridized carbons (Fsp3) is 0.296. The number of nitrogens with one attached hydrogen (secondary N) is 1. The Hall–Kier alpha value is -3.95. The van der Waals surface area contributed by atoms with E-state index in [-0.39, 0.29) is 0 Å². The summed E-state index contributed by atoms with van der Waals surface area (Å²) in [5, 5.41) is 4.08. The third-order valence-corrected chi connectivity index (χ3v) is 6.08. The van der Waals surface area contributed by atoms with Gasteiger partial charge in [-0.15, -0.1) is 0 Å². The van der Waals surface area contributed by atoms with Crippen LogP contribution in [0, 0.1) is 0 Å². The first kappa shape index (κ1) is 23.8. The fourth-order valence-corrected chi connectivity index (χ4v) is 4.12. The van der Waals surface area contributed by atoms with Gasteiger partial charge in [-0.3, -0.25) is 4.98 Å². The van der Waals surface area contributed by atoms with Gasteiger partial charge in [0.2, 0.25) is 5.95 Å². The molecule has 0 spiro atoms. The third-order valence-electron chi connectivity index (χ3n) is 6.08. The smallest absolute Gasteiger partial charge is 0.229 e. The number of para-hydroxylation sites is 1. The van der Waals surface area contributed by atoms with Gasteiger partial charge >= 0.3 is 0 Å². The highest BCUT2D eigenvalue weighted by atomic mass is 16.5. The number of pyridine rings is 1. The number of hydrogen-bond acceptors (Lipinski definition) is 9. The highest BCUT2D eigenvalue weighted by molar-refractivity contribution is 5.98. The van der Waals surface area contributed by atoms with Crippen LogP contribution in [-0.4, -0.2) is 73.4 Å². The quantitative estimate of drug-likeness (QED) is 0.386. The normalized spacial score (nSPS) is 13.8. The summed E-state index contributed by atoms with van der Waals surface area (Å²) < 4.78 is 11.2. The van der Waals surface area contributed by atoms with Gasteiger partial charge < -0.3 is 30.3 Å². The van der Waals surface area contributed by atoms with E-state index in [2.05, 4.69) is 37.2 Å². The molecule has 0 saturated carbocycles. The molecule has 5 rings (SSSR count). The molecule has 2 aromatic heterocycles. The molecule has 0 unspecified atom stereocenters. The number of nitrogens with zero attached hydrogens (tertiary/aromatic N) is 5. The molecule has 2 aromatic carbocycles. The number of rotatable bonds is 8. The van der Waals surface area contributed by atoms with Crippen LogP contribution in [0.5, 0.6) is 5.75 Å². The van der Waals surface area contributed by atoms with Crippen LogP contribution in [0.1, 0.15) is 0 Å². The molecule has 1 aliphatic heterocycles. The third kappa shape index (κ3) is 5.48. The van der Waals surface area contributed by atoms with Crippen LogP contribution >= 0.6 is 0 Å². The zero-order valence-electron chi connectivity index (χ0n) is 20.6. The first-order valence-corrected chi connectivity index (χ1v) is 12.1. The largest absolute Gasteiger partial charge is 0.491 e. The maximum absolute atomic E-state index is 6.33. The molecule has 1 saturated heterocycles. The Balaban J connectivity index is 1.37. The van der Waals surface area contributed by atoms with E-state index in [4.69, 9.17) is 20.2 Å². The van der Waals surface area contributed by atoms with E-state index >= 15 is 0 Å². The van der Waals surface area contributed by atoms with Crippen LogP contribution in [0.25, 0.3) is 22.2 Å². The van der Waals surface area contributed by atoms with Crippen molar-refractivity contribution >= 4 is 34.0 Å². The predicted molar refractivity (Wildman–Crippen MR) is 144 cm³/mol. The van der Waals surface area contributed by atoms with Crippen LogP contribution in [0.4, 0.5) is 23.1 Å². The van der Waals surface area contributed by atoms with Crippen molar-refractivity contribution in [1.29, 1.82) is 0 Å². The maximum Gasteiger partial charge on any atom is 0.229 e. The number of fused-ring (bicyclic) bond motifs is 1. The number of anilines is 4. The SMILES string of the molecule is CN(C)CCOc1ccc(-c2cccc3c(N)nc(Nc4ccc(N5CCOCC5)cc4)nc23)nc1. The van der Waals surface area contributed by atoms with Crippen molar-refractivity contribution in [1.82, 2.24) is 19.9 Å². The van der Waals surface area contributed by atoms with E-state index < -0.39 is 0 Å². The van der Waals surface area contributed by atoms with E-state index in [1.54, 1.807) is 6.20 Å². The molecule has 1 fully saturated rings. The number of morpholine rings is 1. The molecule has 36 heavy (non-hydrogen) atoms. The molecule has 0 radical (unpaired) electrons. The van der Waals surface area contributed by atoms with Gasteiger partial charge in [0, 0.05) is 42.0 Å². The van der Waals surface area contributed by atoms with E-state index in [1.807, 2.05) is 56.6 Å². The Morgan fingerprint density at radius 3 is 2.56 bits per heavy atom. The van der Waals surface area contributed by atoms with Gasteiger partial charge in [-0.1, -0.05) is 12.1 Å². The molecule has 0 bridgehead atoms. The van der Waals surface area contributed by atoms with Gasteiger partial charge in [-0.25, -0.2) is 4.98 Å². The number of aromatic nitrogens is 3. The Labute approximate surface area is 210 Å². The van der Waals surface area contributed by atoms with Crippen molar-refractivity contribution in [2.75, 3.05) is 69.5 Å². The second-order valence-electron chi connectivity index (χ2n) is 8.94. The number of ether oxygens (including phenoxy) is 2. The second kappa shape index (κ2) is 10.8. The summed E-state index contributed by atoms with van der Waals surface area (Å²) in [6.45, 7) is 4.76. The minimum atomic E-state index is 0.415. The molecule has 3 heterocycles. The number of nitrogen functional groups attached to an aromatic ring is 1. The van der Waals surface area contributed by atoms with Crippen LogP contribution in [0.15, 0.2) is 60.8 Å². The topological polar surface area (TPSA) is 102 Å². The number of likely N-dealkylation sites (N-methyl/N-ethyl adjacent to an activating group) is 1. The van der Waals surface area contributed by atoms with Crippen LogP contribution in [-0.2, 0) is 4.74 Å². The van der Waals surface area contributed by atoms with Crippen LogP contribution < -0.4 is 20.7 Å². The molecule has 0 aliphatic carbocycles. The minimum absolute atomic E-state index is 0.415. The standard InChI is InChI=1S/C27H31N7O2/c1-33(2)12-17-36-21-10-11-24(29-18-21)22-4-3-5-23-25(22)31-27(32-26(23)28)30-19-6-8-20(9-7-19)34-13-15-35-16-14-34/h3-11,18H,12-17H2,1-2H3,(H3,28,30,31,32). The molecular formula is C27H31N7O2. The molecular weight excluding hydrogens is 454 g/mol. The molecule has 9 heteroatoms. The Morgan fingerprint density at radius 2 is 1.83 bits per heavy atom. The average molecular weight is 486 g/mol. The lowest BCUT2D eigenvalue weighted by Gasteiger charge is -2.28. The lowest BCUT2D eigenvalue weighted by Crippen LogP contribution is -2.36. The first-order chi connectivity index (χ1) is 17.6. The van der Waals surface area contributed by atoms with Crippen molar-refractivity contribution in [3.63, 3.8) is 0 Å². The van der Waals surface area contributed by atoms with Crippen molar-refractivity contribution in [3.05, 3.63) is 60.8 Å². The van der Waals surface area contributed by atoms with Gasteiger partial charge in [0.1, 0.15) is 18.2 Å². The summed E-state index contributed by atoms with van der Waals surface area (Å²) in [7, 11) is 4.03. The Morgan fingerprint density at radius 1 is 1.03 bits per heavy atom. The summed E-state index contributed by atoms with van der Waals surface area (Å²) in [6, 6.07) is 18.0. The zero-order chi connectivity index (χ0) is 24.9. The van der Waals surface area contributed by atoms with Crippen molar-refractivity contribution in [2.24, 2.45) is 0 Å². The van der Waals surface area contributed by atoms with Gasteiger partial charge in [-0.05, 0) is 56.6 Å². The Kier molecular flexibility index (Phi) is 7.11. The predicted octanol–water partition coefficient (Wildman–Crippen LogP) is 3.79. The lowest BCUT2D eigenvalue weighted by atomic mass is 10.1.